The number of hydrogen-bond donors (Lipinski definition) is 0. The minimum Gasteiger partial charge on any atom is -0.346 e. The predicted octanol–water partition coefficient (Wildman–Crippen LogP) is 5.88. The Morgan fingerprint density at radius 2 is 1.80 bits per heavy atom. The number of thioether (sulfide) groups is 1. The standard InChI is InChI=1S/C27H19ClN4O2S/c28-18-7-5-8-19(15-18)32-26(34)21-10-1-3-11-23(21)30-27(32)35-17-25(33)22-16-31(14-6-13-29)24-12-4-2-9-20(22)24/h1-5,7-12,15-16H,6,14,17H2. The fraction of sp³-hybridized carbons (Fsp3) is 0.111. The number of fused-ring (bicyclic) bond motifs is 2. The fourth-order valence-electron chi connectivity index (χ4n) is 4.08. The van der Waals surface area contributed by atoms with E-state index in [2.05, 4.69) is 6.07 Å². The lowest BCUT2D eigenvalue weighted by Crippen LogP contribution is -2.22. The molecule has 8 heteroatoms. The molecule has 6 nitrogen and oxygen atoms in total. The van der Waals surface area contributed by atoms with Gasteiger partial charge in [0.25, 0.3) is 5.56 Å². The Hall–Kier alpha value is -3.86. The second-order valence-corrected chi connectivity index (χ2v) is 9.28. The first-order chi connectivity index (χ1) is 17.1. The van der Waals surface area contributed by atoms with Crippen LogP contribution in [0, 0.1) is 11.3 Å². The Labute approximate surface area is 210 Å². The fourth-order valence-corrected chi connectivity index (χ4v) is 5.16. The summed E-state index contributed by atoms with van der Waals surface area (Å²) < 4.78 is 3.44. The summed E-state index contributed by atoms with van der Waals surface area (Å²) in [6.45, 7) is 0.512. The molecule has 0 spiro atoms. The highest BCUT2D eigenvalue weighted by atomic mass is 35.5. The van der Waals surface area contributed by atoms with E-state index < -0.39 is 0 Å². The van der Waals surface area contributed by atoms with Crippen LogP contribution in [0.2, 0.25) is 5.02 Å². The molecule has 0 N–H and O–H groups in total. The number of aromatic nitrogens is 3. The van der Waals surface area contributed by atoms with E-state index in [0.717, 1.165) is 10.9 Å². The van der Waals surface area contributed by atoms with Crippen molar-refractivity contribution < 1.29 is 4.79 Å². The van der Waals surface area contributed by atoms with Crippen LogP contribution in [0.15, 0.2) is 88.9 Å². The van der Waals surface area contributed by atoms with Crippen molar-refractivity contribution in [2.75, 3.05) is 5.75 Å². The maximum absolute atomic E-state index is 13.4. The van der Waals surface area contributed by atoms with Gasteiger partial charge >= 0.3 is 0 Å². The number of carbonyl (C=O) groups excluding carboxylic acids is 1. The van der Waals surface area contributed by atoms with Crippen LogP contribution in [-0.4, -0.2) is 25.7 Å². The van der Waals surface area contributed by atoms with E-state index >= 15 is 0 Å². The molecule has 2 heterocycles. The van der Waals surface area contributed by atoms with Gasteiger partial charge in [0.2, 0.25) is 0 Å². The molecule has 0 unspecified atom stereocenters. The first kappa shape index (κ1) is 22.9. The molecule has 0 aliphatic rings. The minimum atomic E-state index is -0.221. The zero-order chi connectivity index (χ0) is 24.4. The summed E-state index contributed by atoms with van der Waals surface area (Å²) >= 11 is 7.41. The number of ketones is 1. The van der Waals surface area contributed by atoms with Gasteiger partial charge in [-0.1, -0.05) is 59.8 Å². The monoisotopic (exact) mass is 498 g/mol. The van der Waals surface area contributed by atoms with Gasteiger partial charge in [-0.05, 0) is 36.4 Å². The highest BCUT2D eigenvalue weighted by molar-refractivity contribution is 7.99. The molecule has 0 saturated carbocycles. The van der Waals surface area contributed by atoms with E-state index in [-0.39, 0.29) is 17.1 Å². The molecule has 172 valence electrons. The molecule has 0 aliphatic heterocycles. The van der Waals surface area contributed by atoms with Gasteiger partial charge in [-0.25, -0.2) is 4.98 Å². The number of nitriles is 1. The predicted molar refractivity (Wildman–Crippen MR) is 140 cm³/mol. The summed E-state index contributed by atoms with van der Waals surface area (Å²) in [5.41, 5.74) is 2.43. The third kappa shape index (κ3) is 4.46. The zero-order valence-corrected chi connectivity index (χ0v) is 20.1. The zero-order valence-electron chi connectivity index (χ0n) is 18.5. The number of hydrogen-bond acceptors (Lipinski definition) is 5. The SMILES string of the molecule is N#CCCn1cc(C(=O)CSc2nc3ccccc3c(=O)n2-c2cccc(Cl)c2)c2ccccc21. The smallest absolute Gasteiger partial charge is 0.266 e. The first-order valence-corrected chi connectivity index (χ1v) is 12.3. The van der Waals surface area contributed by atoms with Gasteiger partial charge in [0.1, 0.15) is 0 Å². The lowest BCUT2D eigenvalue weighted by Gasteiger charge is -2.13. The summed E-state index contributed by atoms with van der Waals surface area (Å²) in [6.07, 6.45) is 2.16. The Kier molecular flexibility index (Phi) is 6.41. The molecular formula is C27H19ClN4O2S. The molecule has 0 radical (unpaired) electrons. The van der Waals surface area contributed by atoms with Crippen molar-refractivity contribution in [3.63, 3.8) is 0 Å². The number of benzene rings is 3. The number of carbonyl (C=O) groups is 1. The number of rotatable bonds is 7. The quantitative estimate of drug-likeness (QED) is 0.159. The van der Waals surface area contributed by atoms with E-state index in [1.54, 1.807) is 42.5 Å². The van der Waals surface area contributed by atoms with Gasteiger partial charge in [0.15, 0.2) is 10.9 Å². The molecule has 0 aliphatic carbocycles. The molecule has 0 saturated heterocycles. The van der Waals surface area contributed by atoms with Gasteiger partial charge in [0, 0.05) is 34.2 Å². The highest BCUT2D eigenvalue weighted by Gasteiger charge is 2.18. The number of para-hydroxylation sites is 2. The largest absolute Gasteiger partial charge is 0.346 e. The second kappa shape index (κ2) is 9.79. The van der Waals surface area contributed by atoms with E-state index in [1.807, 2.05) is 41.1 Å². The van der Waals surface area contributed by atoms with Crippen molar-refractivity contribution in [2.45, 2.75) is 18.1 Å². The third-order valence-electron chi connectivity index (χ3n) is 5.70. The summed E-state index contributed by atoms with van der Waals surface area (Å²) in [5.74, 6) is 0.0133. The Bertz CT molecular complexity index is 1680. The molecule has 0 fully saturated rings. The lowest BCUT2D eigenvalue weighted by molar-refractivity contribution is 0.102. The topological polar surface area (TPSA) is 80.7 Å². The van der Waals surface area contributed by atoms with Crippen LogP contribution in [0.5, 0.6) is 0 Å². The Morgan fingerprint density at radius 3 is 2.60 bits per heavy atom. The molecule has 5 rings (SSSR count). The molecule has 5 aromatic rings. The highest BCUT2D eigenvalue weighted by Crippen LogP contribution is 2.27. The van der Waals surface area contributed by atoms with E-state index in [4.69, 9.17) is 21.8 Å². The Balaban J connectivity index is 1.53. The average Bonchev–Trinajstić information content (AvgIpc) is 3.25. The number of halogens is 1. The van der Waals surface area contributed by atoms with Gasteiger partial charge < -0.3 is 4.57 Å². The van der Waals surface area contributed by atoms with Crippen molar-refractivity contribution in [2.24, 2.45) is 0 Å². The lowest BCUT2D eigenvalue weighted by atomic mass is 10.1. The van der Waals surface area contributed by atoms with Gasteiger partial charge in [0.05, 0.1) is 34.8 Å². The van der Waals surface area contributed by atoms with Crippen molar-refractivity contribution in [3.8, 4) is 11.8 Å². The average molecular weight is 499 g/mol. The number of Topliss-reactive ketones (excluding diaryl/α,β-unsaturated/α-hetero) is 1. The summed E-state index contributed by atoms with van der Waals surface area (Å²) in [5, 5.41) is 11.2. The van der Waals surface area contributed by atoms with E-state index in [1.165, 1.54) is 16.3 Å². The molecular weight excluding hydrogens is 480 g/mol. The van der Waals surface area contributed by atoms with Crippen molar-refractivity contribution >= 4 is 51.0 Å². The van der Waals surface area contributed by atoms with Crippen molar-refractivity contribution in [1.82, 2.24) is 14.1 Å². The summed E-state index contributed by atoms with van der Waals surface area (Å²) in [6, 6.07) is 24.0. The summed E-state index contributed by atoms with van der Waals surface area (Å²) in [7, 11) is 0. The van der Waals surface area contributed by atoms with Crippen LogP contribution >= 0.6 is 23.4 Å². The normalized spacial score (nSPS) is 11.1. The molecule has 3 aromatic carbocycles. The third-order valence-corrected chi connectivity index (χ3v) is 6.87. The van der Waals surface area contributed by atoms with Crippen molar-refractivity contribution in [1.29, 1.82) is 5.26 Å². The van der Waals surface area contributed by atoms with Gasteiger partial charge in [-0.2, -0.15) is 5.26 Å². The van der Waals surface area contributed by atoms with Gasteiger partial charge in [-0.3, -0.25) is 14.2 Å². The minimum absolute atomic E-state index is 0.0815. The van der Waals surface area contributed by atoms with Crippen LogP contribution in [0.4, 0.5) is 0 Å². The molecule has 35 heavy (non-hydrogen) atoms. The Morgan fingerprint density at radius 1 is 1.03 bits per heavy atom. The molecule has 2 aromatic heterocycles. The number of nitrogens with zero attached hydrogens (tertiary/aromatic N) is 4. The van der Waals surface area contributed by atoms with Crippen LogP contribution in [0.1, 0.15) is 16.8 Å². The van der Waals surface area contributed by atoms with E-state index in [9.17, 15) is 9.59 Å². The molecule has 0 amide bonds. The van der Waals surface area contributed by atoms with E-state index in [0.29, 0.717) is 45.3 Å². The number of aryl methyl sites for hydroxylation is 1. The maximum atomic E-state index is 13.4. The van der Waals surface area contributed by atoms with Crippen LogP contribution in [0.25, 0.3) is 27.5 Å². The maximum Gasteiger partial charge on any atom is 0.266 e. The molecule has 0 atom stereocenters. The second-order valence-electron chi connectivity index (χ2n) is 7.91. The van der Waals surface area contributed by atoms with Crippen LogP contribution in [-0.2, 0) is 6.54 Å². The van der Waals surface area contributed by atoms with Crippen LogP contribution in [0.3, 0.4) is 0 Å². The molecule has 0 bridgehead atoms. The van der Waals surface area contributed by atoms with Crippen LogP contribution < -0.4 is 5.56 Å². The van der Waals surface area contributed by atoms with Gasteiger partial charge in [-0.15, -0.1) is 0 Å². The summed E-state index contributed by atoms with van der Waals surface area (Å²) in [4.78, 5) is 31.4. The first-order valence-electron chi connectivity index (χ1n) is 11.0. The van der Waals surface area contributed by atoms with Crippen molar-refractivity contribution in [3.05, 3.63) is 99.9 Å².